The molecule has 0 saturated carbocycles. The van der Waals surface area contributed by atoms with E-state index in [9.17, 15) is 43.2 Å². The largest absolute Gasteiger partial charge is 0.472 e. The van der Waals surface area contributed by atoms with E-state index < -0.39 is 97.5 Å². The smallest absolute Gasteiger partial charge is 0.462 e. The van der Waals surface area contributed by atoms with Crippen LogP contribution in [0.5, 0.6) is 0 Å². The summed E-state index contributed by atoms with van der Waals surface area (Å²) in [7, 11) is -10.0. The summed E-state index contributed by atoms with van der Waals surface area (Å²) in [5, 5.41) is 10.7. The van der Waals surface area contributed by atoms with Crippen molar-refractivity contribution in [3.63, 3.8) is 0 Å². The molecule has 0 spiro atoms. The minimum absolute atomic E-state index is 0.0262. The highest BCUT2D eigenvalue weighted by Crippen LogP contribution is 2.45. The van der Waals surface area contributed by atoms with E-state index in [2.05, 4.69) is 180 Å². The van der Waals surface area contributed by atoms with Gasteiger partial charge in [0.25, 0.3) is 0 Å². The van der Waals surface area contributed by atoms with Crippen LogP contribution >= 0.6 is 15.6 Å². The molecule has 0 heterocycles. The van der Waals surface area contributed by atoms with E-state index in [1.165, 1.54) is 38.5 Å². The summed E-state index contributed by atoms with van der Waals surface area (Å²) < 4.78 is 68.6. The number of aliphatic hydroxyl groups excluding tert-OH is 1. The number of unbranched alkanes of at least 4 members (excludes halogenated alkanes) is 19. The first-order chi connectivity index (χ1) is 52.7. The van der Waals surface area contributed by atoms with Crippen molar-refractivity contribution in [2.75, 3.05) is 39.6 Å². The van der Waals surface area contributed by atoms with Crippen LogP contribution in [0.2, 0.25) is 0 Å². The summed E-state index contributed by atoms with van der Waals surface area (Å²) in [6.45, 7) is 4.36. The maximum absolute atomic E-state index is 13.1. The van der Waals surface area contributed by atoms with E-state index in [1.54, 1.807) is 0 Å². The zero-order valence-corrected chi connectivity index (χ0v) is 68.7. The van der Waals surface area contributed by atoms with Gasteiger partial charge in [0.2, 0.25) is 0 Å². The van der Waals surface area contributed by atoms with Crippen LogP contribution in [0.25, 0.3) is 0 Å². The number of esters is 4. The monoisotopic (exact) mass is 1550 g/mol. The first-order valence-electron chi connectivity index (χ1n) is 41.0. The van der Waals surface area contributed by atoms with Crippen LogP contribution in [-0.2, 0) is 65.4 Å². The number of aliphatic hydroxyl groups is 1. The third-order valence-electron chi connectivity index (χ3n) is 16.4. The van der Waals surface area contributed by atoms with Gasteiger partial charge in [-0.25, -0.2) is 9.13 Å². The minimum atomic E-state index is -5.01. The zero-order valence-electron chi connectivity index (χ0n) is 66.9. The zero-order chi connectivity index (χ0) is 78.9. The minimum Gasteiger partial charge on any atom is -0.462 e. The molecule has 5 unspecified atom stereocenters. The molecule has 0 saturated heterocycles. The Bertz CT molecular complexity index is 2760. The molecular formula is C89H144O17P2. The summed E-state index contributed by atoms with van der Waals surface area (Å²) in [5.74, 6) is -2.37. The Labute approximate surface area is 654 Å². The molecule has 19 heteroatoms. The molecule has 0 amide bonds. The number of phosphoric ester groups is 2. The van der Waals surface area contributed by atoms with Gasteiger partial charge in [0.1, 0.15) is 19.3 Å². The Morgan fingerprint density at radius 1 is 0.269 bits per heavy atom. The Morgan fingerprint density at radius 3 is 0.833 bits per heavy atom. The van der Waals surface area contributed by atoms with Crippen molar-refractivity contribution < 1.29 is 80.2 Å². The van der Waals surface area contributed by atoms with Crippen molar-refractivity contribution in [3.05, 3.63) is 182 Å². The molecule has 3 N–H and O–H groups in total. The molecule has 108 heavy (non-hydrogen) atoms. The van der Waals surface area contributed by atoms with Gasteiger partial charge in [0.15, 0.2) is 12.2 Å². The second kappa shape index (κ2) is 79.3. The second-order valence-corrected chi connectivity index (χ2v) is 29.5. The number of hydrogen-bond acceptors (Lipinski definition) is 15. The lowest BCUT2D eigenvalue weighted by Crippen LogP contribution is -2.30. The lowest BCUT2D eigenvalue weighted by molar-refractivity contribution is -0.161. The van der Waals surface area contributed by atoms with Crippen molar-refractivity contribution in [2.24, 2.45) is 0 Å². The molecule has 0 aliphatic heterocycles. The van der Waals surface area contributed by atoms with Gasteiger partial charge >= 0.3 is 39.5 Å². The first-order valence-corrected chi connectivity index (χ1v) is 44.0. The van der Waals surface area contributed by atoms with E-state index in [0.29, 0.717) is 38.5 Å². The molecule has 0 radical (unpaired) electrons. The number of hydrogen-bond donors (Lipinski definition) is 3. The predicted molar refractivity (Wildman–Crippen MR) is 445 cm³/mol. The SMILES string of the molecule is CC/C=C\C/C=C\C/C=C\C/C=C\C/C=C\C/C=C\CCC(=O)OCC(COP(=O)(O)OCC(O)COP(=O)(O)OCC(COC(=O)CCC/C=C\C/C=C\C/C=C\C/C=C\C/C=C\CC)OC(=O)CCCCCCC/C=C\CCCCCCCC)OC(=O)CCCCCCCCC/C=C\C/C=C\C/C=C\CC. The molecule has 0 fully saturated rings. The van der Waals surface area contributed by atoms with Crippen LogP contribution in [0.4, 0.5) is 0 Å². The van der Waals surface area contributed by atoms with Crippen LogP contribution in [0.3, 0.4) is 0 Å². The lowest BCUT2D eigenvalue weighted by atomic mass is 10.1. The maximum Gasteiger partial charge on any atom is 0.472 e. The number of allylic oxidation sites excluding steroid dienone is 30. The molecule has 0 aliphatic carbocycles. The summed E-state index contributed by atoms with van der Waals surface area (Å²) in [4.78, 5) is 73.1. The van der Waals surface area contributed by atoms with Crippen LogP contribution in [-0.4, -0.2) is 96.7 Å². The van der Waals surface area contributed by atoms with E-state index >= 15 is 0 Å². The van der Waals surface area contributed by atoms with Gasteiger partial charge in [-0.05, 0) is 161 Å². The normalized spacial score (nSPS) is 14.8. The van der Waals surface area contributed by atoms with Gasteiger partial charge < -0.3 is 33.8 Å². The van der Waals surface area contributed by atoms with Crippen LogP contribution in [0.1, 0.15) is 297 Å². The Kier molecular flexibility index (Phi) is 75.0. The van der Waals surface area contributed by atoms with Gasteiger partial charge in [-0.1, -0.05) is 293 Å². The van der Waals surface area contributed by atoms with E-state index in [1.807, 2.05) is 30.4 Å². The second-order valence-electron chi connectivity index (χ2n) is 26.6. The number of carbonyl (C=O) groups excluding carboxylic acids is 4. The fourth-order valence-electron chi connectivity index (χ4n) is 10.2. The molecule has 0 bridgehead atoms. The van der Waals surface area contributed by atoms with E-state index in [0.717, 1.165) is 167 Å². The van der Waals surface area contributed by atoms with Gasteiger partial charge in [0.05, 0.1) is 26.4 Å². The lowest BCUT2D eigenvalue weighted by Gasteiger charge is -2.21. The van der Waals surface area contributed by atoms with Crippen LogP contribution < -0.4 is 0 Å². The predicted octanol–water partition coefficient (Wildman–Crippen LogP) is 24.3. The molecule has 0 aliphatic rings. The molecule has 0 rings (SSSR count). The summed E-state index contributed by atoms with van der Waals surface area (Å²) in [5.41, 5.74) is 0. The van der Waals surface area contributed by atoms with E-state index in [4.69, 9.17) is 37.0 Å². The molecule has 0 aromatic rings. The summed E-state index contributed by atoms with van der Waals surface area (Å²) in [6.07, 6.45) is 96.0. The Morgan fingerprint density at radius 2 is 0.509 bits per heavy atom. The highest BCUT2D eigenvalue weighted by Gasteiger charge is 2.30. The van der Waals surface area contributed by atoms with Crippen molar-refractivity contribution in [1.29, 1.82) is 0 Å². The average Bonchev–Trinajstić information content (AvgIpc) is 0.906. The van der Waals surface area contributed by atoms with Crippen molar-refractivity contribution >= 4 is 39.5 Å². The number of rotatable bonds is 75. The third-order valence-corrected chi connectivity index (χ3v) is 18.3. The Hall–Kier alpha value is -5.84. The van der Waals surface area contributed by atoms with Gasteiger partial charge in [-0.3, -0.25) is 37.3 Å². The van der Waals surface area contributed by atoms with E-state index in [-0.39, 0.29) is 25.7 Å². The maximum atomic E-state index is 13.1. The van der Waals surface area contributed by atoms with Gasteiger partial charge in [-0.2, -0.15) is 0 Å². The number of ether oxygens (including phenoxy) is 4. The van der Waals surface area contributed by atoms with Crippen molar-refractivity contribution in [3.8, 4) is 0 Å². The summed E-state index contributed by atoms with van der Waals surface area (Å²) in [6, 6.07) is 0. The fraction of sp³-hybridized carbons (Fsp3) is 0.618. The van der Waals surface area contributed by atoms with Crippen molar-refractivity contribution in [2.45, 2.75) is 316 Å². The molecule has 5 atom stereocenters. The number of carbonyl (C=O) groups is 4. The molecule has 0 aromatic carbocycles. The average molecular weight is 1550 g/mol. The van der Waals surface area contributed by atoms with Gasteiger partial charge in [0, 0.05) is 25.7 Å². The molecule has 0 aromatic heterocycles. The van der Waals surface area contributed by atoms with Crippen LogP contribution in [0, 0.1) is 0 Å². The highest BCUT2D eigenvalue weighted by atomic mass is 31.2. The quantitative estimate of drug-likeness (QED) is 0.0169. The van der Waals surface area contributed by atoms with Gasteiger partial charge in [-0.15, -0.1) is 0 Å². The van der Waals surface area contributed by atoms with Crippen LogP contribution in [0.15, 0.2) is 182 Å². The molecule has 612 valence electrons. The number of phosphoric acid groups is 2. The third kappa shape index (κ3) is 78.3. The Balaban J connectivity index is 5.51. The molecule has 17 nitrogen and oxygen atoms in total. The summed E-state index contributed by atoms with van der Waals surface area (Å²) >= 11 is 0. The molecular weight excluding hydrogens is 1400 g/mol. The standard InChI is InChI=1S/C89H144O17P2/c1-5-9-13-17-21-25-29-33-37-40-41-44-47-50-54-58-62-66-70-74-87(92)100-80-85(106-89(94)76-72-68-64-60-56-52-48-43-39-35-31-27-23-19-15-11-7-3)82-104-108(97,98)102-78-83(90)77-101-107(95,96)103-81-84(105-88(93)75-71-67-63-59-55-51-45-36-32-28-24-20-16-12-8-4)79-99-86(91)73-69-65-61-57-53-49-46-42-38-34-30-26-22-18-14-10-6-2/h9-11,13-15,21-23,25-27,33-39,41,44-46,49-50,54,57,61-62,66,83-85,90H,5-8,12,16-20,24,28-32,40,42-43,47-48,51-53,55-56,58-60,63-65,67-82H2,1-4H3,(H,95,96)(H,97,98)/b13-9-,14-10-,15-11-,25-21-,26-22-,27-23-,37-33-,38-34-,39-35-,44-41-,45-36-,49-46-,54-50-,61-57-,66-62-. The fourth-order valence-corrected chi connectivity index (χ4v) is 11.8. The highest BCUT2D eigenvalue weighted by molar-refractivity contribution is 7.47. The topological polar surface area (TPSA) is 237 Å². The van der Waals surface area contributed by atoms with Crippen molar-refractivity contribution in [1.82, 2.24) is 0 Å². The first kappa shape index (κ1) is 102.